The molecular weight excluding hydrogens is 220 g/mol. The molecule has 1 N–H and O–H groups in total. The van der Waals surface area contributed by atoms with Crippen LogP contribution >= 0.6 is 0 Å². The van der Waals surface area contributed by atoms with Crippen molar-refractivity contribution in [3.8, 4) is 0 Å². The van der Waals surface area contributed by atoms with Crippen LogP contribution in [-0.2, 0) is 0 Å². The SMILES string of the molecule is CC1(C)CNCC/C1=C\c1cc(F)ccc1F. The largest absolute Gasteiger partial charge is 0.316 e. The maximum atomic E-state index is 13.5. The first kappa shape index (κ1) is 12.2. The van der Waals surface area contributed by atoms with Crippen LogP contribution in [0.1, 0.15) is 25.8 Å². The van der Waals surface area contributed by atoms with Gasteiger partial charge >= 0.3 is 0 Å². The predicted molar refractivity (Wildman–Crippen MR) is 65.6 cm³/mol. The fraction of sp³-hybridized carbons (Fsp3) is 0.429. The Morgan fingerprint density at radius 2 is 2.06 bits per heavy atom. The third-order valence-electron chi connectivity index (χ3n) is 3.30. The van der Waals surface area contributed by atoms with E-state index in [2.05, 4.69) is 19.2 Å². The molecule has 0 aromatic heterocycles. The topological polar surface area (TPSA) is 12.0 Å². The molecule has 1 aliphatic heterocycles. The van der Waals surface area contributed by atoms with Crippen molar-refractivity contribution < 1.29 is 8.78 Å². The average Bonchev–Trinajstić information content (AvgIpc) is 2.26. The van der Waals surface area contributed by atoms with E-state index in [-0.39, 0.29) is 11.2 Å². The monoisotopic (exact) mass is 237 g/mol. The van der Waals surface area contributed by atoms with Crippen molar-refractivity contribution >= 4 is 6.08 Å². The van der Waals surface area contributed by atoms with Crippen molar-refractivity contribution in [1.29, 1.82) is 0 Å². The van der Waals surface area contributed by atoms with Crippen LogP contribution in [0.25, 0.3) is 6.08 Å². The zero-order valence-corrected chi connectivity index (χ0v) is 10.2. The van der Waals surface area contributed by atoms with E-state index in [1.54, 1.807) is 6.08 Å². The van der Waals surface area contributed by atoms with E-state index in [9.17, 15) is 8.78 Å². The first-order chi connectivity index (χ1) is 7.99. The second kappa shape index (κ2) is 4.57. The van der Waals surface area contributed by atoms with Gasteiger partial charge in [-0.1, -0.05) is 25.5 Å². The van der Waals surface area contributed by atoms with Crippen molar-refractivity contribution in [3.63, 3.8) is 0 Å². The summed E-state index contributed by atoms with van der Waals surface area (Å²) < 4.78 is 26.6. The molecule has 1 fully saturated rings. The van der Waals surface area contributed by atoms with Crippen LogP contribution < -0.4 is 5.32 Å². The summed E-state index contributed by atoms with van der Waals surface area (Å²) >= 11 is 0. The van der Waals surface area contributed by atoms with Gasteiger partial charge in [-0.25, -0.2) is 8.78 Å². The van der Waals surface area contributed by atoms with E-state index in [0.717, 1.165) is 25.6 Å². The predicted octanol–water partition coefficient (Wildman–Crippen LogP) is 3.37. The lowest BCUT2D eigenvalue weighted by Gasteiger charge is -2.33. The first-order valence-electron chi connectivity index (χ1n) is 5.86. The summed E-state index contributed by atoms with van der Waals surface area (Å²) in [6.07, 6.45) is 2.67. The Morgan fingerprint density at radius 1 is 1.29 bits per heavy atom. The summed E-state index contributed by atoms with van der Waals surface area (Å²) in [7, 11) is 0. The maximum Gasteiger partial charge on any atom is 0.130 e. The molecule has 1 aromatic rings. The molecule has 0 radical (unpaired) electrons. The van der Waals surface area contributed by atoms with Gasteiger partial charge in [0.2, 0.25) is 0 Å². The van der Waals surface area contributed by atoms with Crippen LogP contribution in [0.2, 0.25) is 0 Å². The van der Waals surface area contributed by atoms with Gasteiger partial charge in [0.15, 0.2) is 0 Å². The van der Waals surface area contributed by atoms with Crippen LogP contribution in [0, 0.1) is 17.0 Å². The van der Waals surface area contributed by atoms with Crippen LogP contribution in [0.3, 0.4) is 0 Å². The van der Waals surface area contributed by atoms with Crippen molar-refractivity contribution in [2.24, 2.45) is 5.41 Å². The van der Waals surface area contributed by atoms with Gasteiger partial charge in [-0.05, 0) is 36.6 Å². The second-order valence-electron chi connectivity index (χ2n) is 5.15. The molecule has 0 atom stereocenters. The minimum atomic E-state index is -0.398. The molecular formula is C14H17F2N. The molecule has 0 saturated carbocycles. The molecule has 0 bridgehead atoms. The molecule has 3 heteroatoms. The Kier molecular flexibility index (Phi) is 3.29. The summed E-state index contributed by atoms with van der Waals surface area (Å²) in [5.41, 5.74) is 1.51. The molecule has 92 valence electrons. The fourth-order valence-corrected chi connectivity index (χ4v) is 2.16. The summed E-state index contributed by atoms with van der Waals surface area (Å²) in [5.74, 6) is -0.766. The Balaban J connectivity index is 2.37. The smallest absolute Gasteiger partial charge is 0.130 e. The number of halogens is 2. The van der Waals surface area contributed by atoms with Gasteiger partial charge in [-0.3, -0.25) is 0 Å². The van der Waals surface area contributed by atoms with Crippen molar-refractivity contribution in [3.05, 3.63) is 41.0 Å². The Hall–Kier alpha value is -1.22. The van der Waals surface area contributed by atoms with E-state index in [4.69, 9.17) is 0 Å². The molecule has 1 aliphatic rings. The van der Waals surface area contributed by atoms with Gasteiger partial charge in [-0.2, -0.15) is 0 Å². The average molecular weight is 237 g/mol. The second-order valence-corrected chi connectivity index (χ2v) is 5.15. The molecule has 17 heavy (non-hydrogen) atoms. The Labute approximate surface area is 101 Å². The lowest BCUT2D eigenvalue weighted by molar-refractivity contribution is 0.360. The molecule has 0 amide bonds. The van der Waals surface area contributed by atoms with Gasteiger partial charge in [0.1, 0.15) is 11.6 Å². The number of hydrogen-bond acceptors (Lipinski definition) is 1. The number of rotatable bonds is 1. The lowest BCUT2D eigenvalue weighted by Crippen LogP contribution is -2.37. The van der Waals surface area contributed by atoms with E-state index in [1.807, 2.05) is 0 Å². The standard InChI is InChI=1S/C14H17F2N/c1-14(2)9-17-6-5-11(14)7-10-8-12(15)3-4-13(10)16/h3-4,7-8,17H,5-6,9H2,1-2H3/b11-7+. The number of benzene rings is 1. The van der Waals surface area contributed by atoms with Crippen LogP contribution in [0.5, 0.6) is 0 Å². The molecule has 0 unspecified atom stereocenters. The highest BCUT2D eigenvalue weighted by Gasteiger charge is 2.26. The summed E-state index contributed by atoms with van der Waals surface area (Å²) in [6.45, 7) is 5.99. The zero-order valence-electron chi connectivity index (χ0n) is 10.2. The van der Waals surface area contributed by atoms with Gasteiger partial charge in [0, 0.05) is 12.1 Å². The molecule has 1 aromatic carbocycles. The Morgan fingerprint density at radius 3 is 2.76 bits per heavy atom. The van der Waals surface area contributed by atoms with Crippen LogP contribution in [0.15, 0.2) is 23.8 Å². The number of nitrogens with one attached hydrogen (secondary N) is 1. The highest BCUT2D eigenvalue weighted by Crippen LogP contribution is 2.32. The van der Waals surface area contributed by atoms with Gasteiger partial charge in [0.25, 0.3) is 0 Å². The first-order valence-corrected chi connectivity index (χ1v) is 5.86. The minimum Gasteiger partial charge on any atom is -0.316 e. The highest BCUT2D eigenvalue weighted by molar-refractivity contribution is 5.55. The molecule has 0 spiro atoms. The number of hydrogen-bond donors (Lipinski definition) is 1. The number of piperidine rings is 1. The highest BCUT2D eigenvalue weighted by atomic mass is 19.1. The van der Waals surface area contributed by atoms with E-state index < -0.39 is 5.82 Å². The van der Waals surface area contributed by atoms with Crippen LogP contribution in [0.4, 0.5) is 8.78 Å². The van der Waals surface area contributed by atoms with Gasteiger partial charge in [-0.15, -0.1) is 0 Å². The Bertz CT molecular complexity index is 450. The molecule has 2 rings (SSSR count). The minimum absolute atomic E-state index is 0.00297. The zero-order chi connectivity index (χ0) is 12.5. The fourth-order valence-electron chi connectivity index (χ4n) is 2.16. The molecule has 1 saturated heterocycles. The normalized spacial score (nSPS) is 21.8. The van der Waals surface area contributed by atoms with Crippen molar-refractivity contribution in [2.45, 2.75) is 20.3 Å². The van der Waals surface area contributed by atoms with E-state index in [0.29, 0.717) is 5.56 Å². The van der Waals surface area contributed by atoms with Gasteiger partial charge in [0.05, 0.1) is 0 Å². The summed E-state index contributed by atoms with van der Waals surface area (Å²) in [5, 5.41) is 3.31. The summed E-state index contributed by atoms with van der Waals surface area (Å²) in [6, 6.07) is 3.57. The molecule has 0 aliphatic carbocycles. The molecule has 1 nitrogen and oxygen atoms in total. The lowest BCUT2D eigenvalue weighted by atomic mass is 9.79. The van der Waals surface area contributed by atoms with E-state index in [1.165, 1.54) is 17.7 Å². The quantitative estimate of drug-likeness (QED) is 0.789. The summed E-state index contributed by atoms with van der Waals surface area (Å²) in [4.78, 5) is 0. The van der Waals surface area contributed by atoms with Crippen molar-refractivity contribution in [2.75, 3.05) is 13.1 Å². The van der Waals surface area contributed by atoms with Crippen molar-refractivity contribution in [1.82, 2.24) is 5.32 Å². The van der Waals surface area contributed by atoms with E-state index >= 15 is 0 Å². The van der Waals surface area contributed by atoms with Gasteiger partial charge < -0.3 is 5.32 Å². The third-order valence-corrected chi connectivity index (χ3v) is 3.30. The maximum absolute atomic E-state index is 13.5. The third kappa shape index (κ3) is 2.72. The molecule has 1 heterocycles. The van der Waals surface area contributed by atoms with Crippen LogP contribution in [-0.4, -0.2) is 13.1 Å².